The highest BCUT2D eigenvalue weighted by Crippen LogP contribution is 2.26. The minimum atomic E-state index is 0.551. The third-order valence-electron chi connectivity index (χ3n) is 3.62. The number of nitrogens with zero attached hydrogens (tertiary/aromatic N) is 2. The van der Waals surface area contributed by atoms with Crippen LogP contribution in [0.3, 0.4) is 0 Å². The van der Waals surface area contributed by atoms with E-state index in [1.165, 1.54) is 25.7 Å². The van der Waals surface area contributed by atoms with Crippen LogP contribution in [0.5, 0.6) is 5.88 Å². The molecule has 0 saturated heterocycles. The summed E-state index contributed by atoms with van der Waals surface area (Å²) in [6.07, 6.45) is 6.79. The van der Waals surface area contributed by atoms with Crippen molar-refractivity contribution in [2.75, 3.05) is 13.7 Å². The second kappa shape index (κ2) is 6.82. The van der Waals surface area contributed by atoms with Crippen LogP contribution in [0.2, 0.25) is 0 Å². The van der Waals surface area contributed by atoms with Crippen LogP contribution in [-0.4, -0.2) is 34.6 Å². The number of ether oxygens (including phenoxy) is 1. The van der Waals surface area contributed by atoms with E-state index in [0.717, 1.165) is 12.1 Å². The smallest absolute Gasteiger partial charge is 0.217 e. The van der Waals surface area contributed by atoms with Crippen LogP contribution < -0.4 is 10.5 Å². The average molecular weight is 279 g/mol. The molecule has 1 aromatic rings. The number of hydrogen-bond donors (Lipinski definition) is 1. The van der Waals surface area contributed by atoms with E-state index in [1.807, 2.05) is 12.1 Å². The van der Waals surface area contributed by atoms with Gasteiger partial charge in [0.05, 0.1) is 12.1 Å². The molecule has 19 heavy (non-hydrogen) atoms. The molecule has 1 aromatic heterocycles. The lowest BCUT2D eigenvalue weighted by Crippen LogP contribution is -2.39. The molecule has 0 unspecified atom stereocenters. The molecule has 0 radical (unpaired) electrons. The van der Waals surface area contributed by atoms with Crippen LogP contribution in [0, 0.1) is 0 Å². The normalized spacial score (nSPS) is 15.9. The maximum absolute atomic E-state index is 5.73. The average Bonchev–Trinajstić information content (AvgIpc) is 2.92. The third-order valence-corrected chi connectivity index (χ3v) is 3.75. The SMILES string of the molecule is COc1ncccc1CN(CC(N)=S)C1CCCC1. The number of hydrogen-bond acceptors (Lipinski definition) is 4. The quantitative estimate of drug-likeness (QED) is 0.808. The molecule has 1 aliphatic carbocycles. The molecule has 2 N–H and O–H groups in total. The predicted octanol–water partition coefficient (Wildman–Crippen LogP) is 2.12. The fourth-order valence-corrected chi connectivity index (χ4v) is 2.90. The molecule has 0 spiro atoms. The summed E-state index contributed by atoms with van der Waals surface area (Å²) < 4.78 is 5.31. The zero-order valence-corrected chi connectivity index (χ0v) is 12.2. The Labute approximate surface area is 120 Å². The second-order valence-electron chi connectivity index (χ2n) is 4.98. The highest BCUT2D eigenvalue weighted by atomic mass is 32.1. The van der Waals surface area contributed by atoms with E-state index in [4.69, 9.17) is 22.7 Å². The Morgan fingerprint density at radius 2 is 2.26 bits per heavy atom. The van der Waals surface area contributed by atoms with E-state index in [2.05, 4.69) is 9.88 Å². The van der Waals surface area contributed by atoms with Crippen LogP contribution in [-0.2, 0) is 6.54 Å². The Hall–Kier alpha value is -1.20. The molecule has 1 fully saturated rings. The van der Waals surface area contributed by atoms with Crippen molar-refractivity contribution >= 4 is 17.2 Å². The number of thiocarbonyl (C=S) groups is 1. The van der Waals surface area contributed by atoms with Crippen LogP contribution >= 0.6 is 12.2 Å². The number of rotatable bonds is 6. The summed E-state index contributed by atoms with van der Waals surface area (Å²) in [6, 6.07) is 4.56. The monoisotopic (exact) mass is 279 g/mol. The molecule has 4 nitrogen and oxygen atoms in total. The molecule has 0 atom stereocenters. The van der Waals surface area contributed by atoms with E-state index < -0.39 is 0 Å². The summed E-state index contributed by atoms with van der Waals surface area (Å²) in [4.78, 5) is 7.15. The third kappa shape index (κ3) is 3.88. The van der Waals surface area contributed by atoms with Crippen molar-refractivity contribution in [3.8, 4) is 5.88 Å². The summed E-state index contributed by atoms with van der Waals surface area (Å²) in [5, 5.41) is 0. The fourth-order valence-electron chi connectivity index (χ4n) is 2.73. The highest BCUT2D eigenvalue weighted by molar-refractivity contribution is 7.80. The summed E-state index contributed by atoms with van der Waals surface area (Å²) >= 11 is 5.07. The van der Waals surface area contributed by atoms with Gasteiger partial charge >= 0.3 is 0 Å². The molecule has 1 saturated carbocycles. The van der Waals surface area contributed by atoms with Gasteiger partial charge in [-0.2, -0.15) is 0 Å². The number of pyridine rings is 1. The fraction of sp³-hybridized carbons (Fsp3) is 0.571. The molecule has 0 amide bonds. The Morgan fingerprint density at radius 3 is 2.89 bits per heavy atom. The Morgan fingerprint density at radius 1 is 1.53 bits per heavy atom. The van der Waals surface area contributed by atoms with Gasteiger partial charge in [-0.05, 0) is 18.9 Å². The van der Waals surface area contributed by atoms with E-state index in [9.17, 15) is 0 Å². The van der Waals surface area contributed by atoms with Crippen LogP contribution in [0.15, 0.2) is 18.3 Å². The van der Waals surface area contributed by atoms with Gasteiger partial charge in [-0.1, -0.05) is 31.1 Å². The van der Waals surface area contributed by atoms with Crippen molar-refractivity contribution in [3.63, 3.8) is 0 Å². The second-order valence-corrected chi connectivity index (χ2v) is 5.51. The van der Waals surface area contributed by atoms with Gasteiger partial charge in [0.15, 0.2) is 0 Å². The van der Waals surface area contributed by atoms with Gasteiger partial charge in [-0.3, -0.25) is 4.90 Å². The van der Waals surface area contributed by atoms with Crippen LogP contribution in [0.25, 0.3) is 0 Å². The summed E-state index contributed by atoms with van der Waals surface area (Å²) in [5.41, 5.74) is 6.82. The molecule has 0 bridgehead atoms. The molecule has 0 aliphatic heterocycles. The first-order valence-electron chi connectivity index (χ1n) is 6.71. The van der Waals surface area contributed by atoms with Crippen molar-refractivity contribution in [2.24, 2.45) is 5.73 Å². The van der Waals surface area contributed by atoms with E-state index in [-0.39, 0.29) is 0 Å². The van der Waals surface area contributed by atoms with Crippen molar-refractivity contribution in [3.05, 3.63) is 23.9 Å². The van der Waals surface area contributed by atoms with Crippen molar-refractivity contribution in [1.29, 1.82) is 0 Å². The van der Waals surface area contributed by atoms with Crippen LogP contribution in [0.1, 0.15) is 31.2 Å². The topological polar surface area (TPSA) is 51.4 Å². The van der Waals surface area contributed by atoms with E-state index >= 15 is 0 Å². The Kier molecular flexibility index (Phi) is 5.10. The summed E-state index contributed by atoms with van der Waals surface area (Å²) in [5.74, 6) is 0.688. The minimum Gasteiger partial charge on any atom is -0.481 e. The summed E-state index contributed by atoms with van der Waals surface area (Å²) in [6.45, 7) is 1.46. The van der Waals surface area contributed by atoms with Crippen LogP contribution in [0.4, 0.5) is 0 Å². The number of aromatic nitrogens is 1. The van der Waals surface area contributed by atoms with Gasteiger partial charge in [0.1, 0.15) is 0 Å². The molecule has 5 heteroatoms. The number of nitrogens with two attached hydrogens (primary N) is 1. The lowest BCUT2D eigenvalue weighted by molar-refractivity contribution is 0.215. The minimum absolute atomic E-state index is 0.551. The Bertz CT molecular complexity index is 432. The van der Waals surface area contributed by atoms with E-state index in [1.54, 1.807) is 13.3 Å². The first-order valence-corrected chi connectivity index (χ1v) is 7.11. The molecule has 1 aliphatic rings. The van der Waals surface area contributed by atoms with Gasteiger partial charge in [-0.25, -0.2) is 4.98 Å². The molecule has 1 heterocycles. The number of methoxy groups -OCH3 is 1. The van der Waals surface area contributed by atoms with Gasteiger partial charge in [0.2, 0.25) is 5.88 Å². The molecular weight excluding hydrogens is 258 g/mol. The molecular formula is C14H21N3OS. The zero-order chi connectivity index (χ0) is 13.7. The Balaban J connectivity index is 2.12. The van der Waals surface area contributed by atoms with E-state index in [0.29, 0.717) is 23.5 Å². The van der Waals surface area contributed by atoms with Crippen molar-refractivity contribution < 1.29 is 4.74 Å². The van der Waals surface area contributed by atoms with Gasteiger partial charge in [0.25, 0.3) is 0 Å². The molecule has 104 valence electrons. The van der Waals surface area contributed by atoms with Gasteiger partial charge in [-0.15, -0.1) is 0 Å². The molecule has 0 aromatic carbocycles. The lowest BCUT2D eigenvalue weighted by atomic mass is 10.1. The van der Waals surface area contributed by atoms with Crippen molar-refractivity contribution in [2.45, 2.75) is 38.3 Å². The maximum atomic E-state index is 5.73. The lowest BCUT2D eigenvalue weighted by Gasteiger charge is -2.28. The van der Waals surface area contributed by atoms with Crippen molar-refractivity contribution in [1.82, 2.24) is 9.88 Å². The standard InChI is InChI=1S/C14H21N3OS/c1-18-14-11(5-4-8-16-14)9-17(10-13(15)19)12-6-2-3-7-12/h4-5,8,12H,2-3,6-7,9-10H2,1H3,(H2,15,19). The first kappa shape index (κ1) is 14.2. The highest BCUT2D eigenvalue weighted by Gasteiger charge is 2.24. The predicted molar refractivity (Wildman–Crippen MR) is 80.2 cm³/mol. The zero-order valence-electron chi connectivity index (χ0n) is 11.3. The summed E-state index contributed by atoms with van der Waals surface area (Å²) in [7, 11) is 1.65. The maximum Gasteiger partial charge on any atom is 0.217 e. The largest absolute Gasteiger partial charge is 0.481 e. The van der Waals surface area contributed by atoms with Gasteiger partial charge in [0, 0.05) is 30.9 Å². The molecule has 2 rings (SSSR count). The van der Waals surface area contributed by atoms with Gasteiger partial charge < -0.3 is 10.5 Å². The first-order chi connectivity index (χ1) is 9.20.